The van der Waals surface area contributed by atoms with Gasteiger partial charge in [-0.25, -0.2) is 8.78 Å². The van der Waals surface area contributed by atoms with Gasteiger partial charge in [0.2, 0.25) is 5.91 Å². The standard InChI is InChI=1S/C25H20F2N4O3/c26-16-4-5-18(20(27)11-16)14-3-6-21-19(10-14)25(34)31-9-7-17(12-22(31)24(33)30-21)29-23(32)15-2-1-8-28-13-15/h1-6,8,10-11,13,17,22H,7,9,12H2,(H,29,32)(H,30,33). The molecule has 1 fully saturated rings. The van der Waals surface area contributed by atoms with Crippen molar-refractivity contribution in [3.8, 4) is 11.1 Å². The first kappa shape index (κ1) is 21.7. The van der Waals surface area contributed by atoms with Crippen LogP contribution in [0.2, 0.25) is 0 Å². The quantitative estimate of drug-likeness (QED) is 0.624. The monoisotopic (exact) mass is 462 g/mol. The minimum atomic E-state index is -0.765. The van der Waals surface area contributed by atoms with E-state index in [1.54, 1.807) is 30.5 Å². The van der Waals surface area contributed by atoms with Gasteiger partial charge < -0.3 is 15.5 Å². The molecule has 0 radical (unpaired) electrons. The van der Waals surface area contributed by atoms with E-state index in [4.69, 9.17) is 0 Å². The van der Waals surface area contributed by atoms with E-state index in [0.29, 0.717) is 23.2 Å². The van der Waals surface area contributed by atoms with Crippen molar-refractivity contribution in [3.05, 3.63) is 83.7 Å². The summed E-state index contributed by atoms with van der Waals surface area (Å²) in [4.78, 5) is 44.3. The van der Waals surface area contributed by atoms with E-state index in [1.165, 1.54) is 23.2 Å². The molecule has 34 heavy (non-hydrogen) atoms. The fraction of sp³-hybridized carbons (Fsp3) is 0.200. The topological polar surface area (TPSA) is 91.4 Å². The zero-order valence-corrected chi connectivity index (χ0v) is 17.9. The SMILES string of the molecule is O=C(NC1CCN2C(=O)c3cc(-c4ccc(F)cc4F)ccc3NC(=O)C2C1)c1cccnc1. The molecule has 0 bridgehead atoms. The Kier molecular flexibility index (Phi) is 5.53. The van der Waals surface area contributed by atoms with Crippen LogP contribution in [0.5, 0.6) is 0 Å². The highest BCUT2D eigenvalue weighted by Gasteiger charge is 2.40. The number of aromatic nitrogens is 1. The summed E-state index contributed by atoms with van der Waals surface area (Å²) in [7, 11) is 0. The number of carbonyl (C=O) groups excluding carboxylic acids is 3. The predicted molar refractivity (Wildman–Crippen MR) is 120 cm³/mol. The molecule has 2 aliphatic rings. The normalized spacial score (nSPS) is 19.5. The smallest absolute Gasteiger partial charge is 0.256 e. The van der Waals surface area contributed by atoms with E-state index in [9.17, 15) is 23.2 Å². The van der Waals surface area contributed by atoms with Crippen molar-refractivity contribution >= 4 is 23.4 Å². The van der Waals surface area contributed by atoms with E-state index in [0.717, 1.165) is 12.1 Å². The van der Waals surface area contributed by atoms with Gasteiger partial charge in [0.15, 0.2) is 0 Å². The highest BCUT2D eigenvalue weighted by molar-refractivity contribution is 6.10. The lowest BCUT2D eigenvalue weighted by molar-refractivity contribution is -0.121. The number of hydrogen-bond donors (Lipinski definition) is 2. The number of anilines is 1. The van der Waals surface area contributed by atoms with Gasteiger partial charge in [0.1, 0.15) is 17.7 Å². The van der Waals surface area contributed by atoms with Gasteiger partial charge in [0, 0.05) is 36.6 Å². The zero-order valence-electron chi connectivity index (χ0n) is 17.9. The van der Waals surface area contributed by atoms with Gasteiger partial charge in [-0.05, 0) is 54.8 Å². The van der Waals surface area contributed by atoms with E-state index < -0.39 is 17.7 Å². The van der Waals surface area contributed by atoms with Crippen molar-refractivity contribution in [2.45, 2.75) is 24.9 Å². The second-order valence-electron chi connectivity index (χ2n) is 8.32. The molecule has 1 aromatic heterocycles. The van der Waals surface area contributed by atoms with Crippen LogP contribution in [0.4, 0.5) is 14.5 Å². The molecule has 1 saturated heterocycles. The molecule has 5 rings (SSSR count). The summed E-state index contributed by atoms with van der Waals surface area (Å²) in [5, 5.41) is 5.70. The first-order chi connectivity index (χ1) is 16.4. The van der Waals surface area contributed by atoms with Crippen LogP contribution in [-0.2, 0) is 4.79 Å². The molecule has 0 spiro atoms. The highest BCUT2D eigenvalue weighted by atomic mass is 19.1. The van der Waals surface area contributed by atoms with Crippen LogP contribution in [0.25, 0.3) is 11.1 Å². The average Bonchev–Trinajstić information content (AvgIpc) is 2.94. The molecule has 9 heteroatoms. The van der Waals surface area contributed by atoms with Crippen molar-refractivity contribution in [1.29, 1.82) is 0 Å². The Labute approximate surface area is 193 Å². The Hall–Kier alpha value is -4.14. The third-order valence-corrected chi connectivity index (χ3v) is 6.17. The Bertz CT molecular complexity index is 1300. The molecule has 2 aliphatic heterocycles. The molecule has 2 unspecified atom stereocenters. The third kappa shape index (κ3) is 4.00. The number of amides is 3. The van der Waals surface area contributed by atoms with Crippen LogP contribution < -0.4 is 10.6 Å². The molecule has 2 aromatic carbocycles. The number of nitrogens with zero attached hydrogens (tertiary/aromatic N) is 2. The molecule has 3 aromatic rings. The number of fused-ring (bicyclic) bond motifs is 2. The lowest BCUT2D eigenvalue weighted by atomic mass is 9.95. The van der Waals surface area contributed by atoms with Crippen LogP contribution in [-0.4, -0.2) is 46.2 Å². The summed E-state index contributed by atoms with van der Waals surface area (Å²) >= 11 is 0. The Morgan fingerprint density at radius 2 is 1.94 bits per heavy atom. The van der Waals surface area contributed by atoms with E-state index in [2.05, 4.69) is 15.6 Å². The van der Waals surface area contributed by atoms with Crippen LogP contribution in [0.15, 0.2) is 60.9 Å². The Balaban J connectivity index is 1.38. The fourth-order valence-corrected chi connectivity index (χ4v) is 4.45. The van der Waals surface area contributed by atoms with Crippen LogP contribution in [0.1, 0.15) is 33.6 Å². The van der Waals surface area contributed by atoms with Crippen LogP contribution in [0.3, 0.4) is 0 Å². The number of pyridine rings is 1. The summed E-state index contributed by atoms with van der Waals surface area (Å²) < 4.78 is 27.6. The Morgan fingerprint density at radius 1 is 1.09 bits per heavy atom. The molecule has 3 amide bonds. The van der Waals surface area contributed by atoms with Crippen LogP contribution >= 0.6 is 0 Å². The molecular weight excluding hydrogens is 442 g/mol. The molecule has 0 saturated carbocycles. The summed E-state index contributed by atoms with van der Waals surface area (Å²) in [6, 6.07) is 10.1. The minimum Gasteiger partial charge on any atom is -0.349 e. The van der Waals surface area contributed by atoms with Crippen molar-refractivity contribution in [1.82, 2.24) is 15.2 Å². The van der Waals surface area contributed by atoms with Crippen molar-refractivity contribution in [2.24, 2.45) is 0 Å². The predicted octanol–water partition coefficient (Wildman–Crippen LogP) is 3.38. The van der Waals surface area contributed by atoms with Gasteiger partial charge in [0.25, 0.3) is 11.8 Å². The number of carbonyl (C=O) groups is 3. The van der Waals surface area contributed by atoms with Gasteiger partial charge >= 0.3 is 0 Å². The third-order valence-electron chi connectivity index (χ3n) is 6.17. The van der Waals surface area contributed by atoms with Gasteiger partial charge in [-0.3, -0.25) is 19.4 Å². The molecular formula is C25H20F2N4O3. The van der Waals surface area contributed by atoms with Gasteiger partial charge in [-0.15, -0.1) is 0 Å². The lowest BCUT2D eigenvalue weighted by Crippen LogP contribution is -2.55. The first-order valence-electron chi connectivity index (χ1n) is 10.8. The summed E-state index contributed by atoms with van der Waals surface area (Å²) in [6.07, 6.45) is 3.77. The maximum Gasteiger partial charge on any atom is 0.256 e. The molecule has 7 nitrogen and oxygen atoms in total. The second kappa shape index (κ2) is 8.66. The first-order valence-corrected chi connectivity index (χ1v) is 10.8. The minimum absolute atomic E-state index is 0.154. The van der Waals surface area contributed by atoms with Gasteiger partial charge in [0.05, 0.1) is 16.8 Å². The second-order valence-corrected chi connectivity index (χ2v) is 8.32. The Morgan fingerprint density at radius 3 is 2.71 bits per heavy atom. The van der Waals surface area contributed by atoms with E-state index in [-0.39, 0.29) is 47.9 Å². The van der Waals surface area contributed by atoms with Gasteiger partial charge in [-0.1, -0.05) is 6.07 Å². The number of rotatable bonds is 3. The number of halogens is 2. The van der Waals surface area contributed by atoms with Crippen LogP contribution in [0, 0.1) is 11.6 Å². The fourth-order valence-electron chi connectivity index (χ4n) is 4.45. The van der Waals surface area contributed by atoms with Gasteiger partial charge in [-0.2, -0.15) is 0 Å². The zero-order chi connectivity index (χ0) is 23.8. The molecule has 0 aliphatic carbocycles. The largest absolute Gasteiger partial charge is 0.349 e. The number of benzene rings is 2. The van der Waals surface area contributed by atoms with E-state index >= 15 is 0 Å². The van der Waals surface area contributed by atoms with Crippen molar-refractivity contribution in [3.63, 3.8) is 0 Å². The molecule has 172 valence electrons. The maximum absolute atomic E-state index is 14.3. The van der Waals surface area contributed by atoms with Crippen molar-refractivity contribution in [2.75, 3.05) is 11.9 Å². The molecule has 2 atom stereocenters. The maximum atomic E-state index is 14.3. The summed E-state index contributed by atoms with van der Waals surface area (Å²) in [5.41, 5.74) is 1.53. The average molecular weight is 462 g/mol. The molecule has 2 N–H and O–H groups in total. The highest BCUT2D eigenvalue weighted by Crippen LogP contribution is 2.32. The summed E-state index contributed by atoms with van der Waals surface area (Å²) in [6.45, 7) is 0.267. The summed E-state index contributed by atoms with van der Waals surface area (Å²) in [5.74, 6) is -2.44. The van der Waals surface area contributed by atoms with E-state index in [1.807, 2.05) is 0 Å². The number of piperidine rings is 1. The molecule has 3 heterocycles. The van der Waals surface area contributed by atoms with Crippen molar-refractivity contribution < 1.29 is 23.2 Å². The number of nitrogens with one attached hydrogen (secondary N) is 2. The lowest BCUT2D eigenvalue weighted by Gasteiger charge is -2.37. The number of hydrogen-bond acceptors (Lipinski definition) is 4.